The van der Waals surface area contributed by atoms with Gasteiger partial charge in [0, 0.05) is 32.4 Å². The molecular weight excluding hydrogens is 368 g/mol. The van der Waals surface area contributed by atoms with Crippen molar-refractivity contribution in [2.45, 2.75) is 38.6 Å². The molecule has 2 saturated heterocycles. The molecule has 4 amide bonds. The number of nitrogens with zero attached hydrogens (tertiary/aromatic N) is 4. The van der Waals surface area contributed by atoms with E-state index < -0.39 is 23.3 Å². The number of barbiturate groups is 1. The quantitative estimate of drug-likeness (QED) is 0.644. The summed E-state index contributed by atoms with van der Waals surface area (Å²) >= 11 is 0. The number of hydrogen-bond donors (Lipinski definition) is 0. The molecule has 1 aromatic heterocycles. The summed E-state index contributed by atoms with van der Waals surface area (Å²) in [5.74, 6) is 0.0931. The molecule has 3 aliphatic heterocycles. The summed E-state index contributed by atoms with van der Waals surface area (Å²) in [6.45, 7) is 2.80. The van der Waals surface area contributed by atoms with Crippen molar-refractivity contribution in [2.75, 3.05) is 25.5 Å². The second-order valence-electron chi connectivity index (χ2n) is 8.53. The lowest BCUT2D eigenvalue weighted by Gasteiger charge is -2.54. The zero-order valence-corrected chi connectivity index (χ0v) is 16.9. The fraction of sp³-hybridized carbons (Fsp3) is 0.455. The SMILES string of the molecule is Cc1ccc2cc3c(nc2c1)N1CCCCC1C1(C3)C(=O)N(C)C(=O)N(C)C1=O. The van der Waals surface area contributed by atoms with E-state index in [1.165, 1.54) is 14.1 Å². The molecule has 0 radical (unpaired) electrons. The van der Waals surface area contributed by atoms with Gasteiger partial charge < -0.3 is 4.90 Å². The average Bonchev–Trinajstić information content (AvgIpc) is 2.74. The van der Waals surface area contributed by atoms with E-state index in [1.54, 1.807) is 0 Å². The molecule has 1 atom stereocenters. The molecule has 1 aromatic carbocycles. The Morgan fingerprint density at radius 3 is 2.48 bits per heavy atom. The molecule has 7 nitrogen and oxygen atoms in total. The van der Waals surface area contributed by atoms with E-state index in [1.807, 2.05) is 19.1 Å². The van der Waals surface area contributed by atoms with E-state index in [0.29, 0.717) is 0 Å². The summed E-state index contributed by atoms with van der Waals surface area (Å²) in [7, 11) is 2.94. The molecule has 3 aliphatic rings. The highest BCUT2D eigenvalue weighted by atomic mass is 16.2. The minimum Gasteiger partial charge on any atom is -0.352 e. The number of pyridine rings is 1. The number of anilines is 1. The molecule has 5 rings (SSSR count). The Bertz CT molecular complexity index is 1060. The topological polar surface area (TPSA) is 73.8 Å². The van der Waals surface area contributed by atoms with Crippen LogP contribution in [0.25, 0.3) is 10.9 Å². The second kappa shape index (κ2) is 6.02. The van der Waals surface area contributed by atoms with Crippen LogP contribution in [0.15, 0.2) is 24.3 Å². The van der Waals surface area contributed by atoms with Gasteiger partial charge in [0.1, 0.15) is 5.82 Å². The first-order chi connectivity index (χ1) is 13.8. The lowest BCUT2D eigenvalue weighted by atomic mass is 9.66. The summed E-state index contributed by atoms with van der Waals surface area (Å²) in [6.07, 6.45) is 2.96. The van der Waals surface area contributed by atoms with Crippen molar-refractivity contribution in [1.82, 2.24) is 14.8 Å². The Morgan fingerprint density at radius 1 is 1.03 bits per heavy atom. The maximum absolute atomic E-state index is 13.5. The maximum Gasteiger partial charge on any atom is 0.332 e. The standard InChI is InChI=1S/C22H24N4O3/c1-13-7-8-14-11-15-12-22(19(27)24(2)21(29)25(3)20(22)28)17-6-4-5-9-26(17)18(15)23-16(14)10-13/h7-8,10-11,17H,4-6,9,12H2,1-3H3. The fourth-order valence-electron chi connectivity index (χ4n) is 5.33. The van der Waals surface area contributed by atoms with Crippen molar-refractivity contribution in [1.29, 1.82) is 0 Å². The summed E-state index contributed by atoms with van der Waals surface area (Å²) in [5.41, 5.74) is 1.70. The van der Waals surface area contributed by atoms with Crippen molar-refractivity contribution in [3.05, 3.63) is 35.4 Å². The van der Waals surface area contributed by atoms with Crippen LogP contribution in [0, 0.1) is 12.3 Å². The Labute approximate surface area is 169 Å². The number of fused-ring (bicyclic) bond motifs is 5. The van der Waals surface area contributed by atoms with Crippen molar-refractivity contribution in [3.8, 4) is 0 Å². The molecular formula is C22H24N4O3. The summed E-state index contributed by atoms with van der Waals surface area (Å²) in [5, 5.41) is 0.994. The van der Waals surface area contributed by atoms with Gasteiger partial charge in [-0.05, 0) is 49.4 Å². The van der Waals surface area contributed by atoms with Gasteiger partial charge in [-0.2, -0.15) is 0 Å². The van der Waals surface area contributed by atoms with Crippen molar-refractivity contribution < 1.29 is 14.4 Å². The fourth-order valence-corrected chi connectivity index (χ4v) is 5.33. The highest BCUT2D eigenvalue weighted by molar-refractivity contribution is 6.20. The van der Waals surface area contributed by atoms with E-state index in [0.717, 1.165) is 63.5 Å². The lowest BCUT2D eigenvalue weighted by molar-refractivity contribution is -0.159. The molecule has 0 N–H and O–H groups in total. The zero-order valence-electron chi connectivity index (χ0n) is 16.9. The van der Waals surface area contributed by atoms with Crippen LogP contribution < -0.4 is 4.90 Å². The van der Waals surface area contributed by atoms with Crippen LogP contribution in [0.2, 0.25) is 0 Å². The molecule has 1 spiro atoms. The first-order valence-electron chi connectivity index (χ1n) is 10.1. The van der Waals surface area contributed by atoms with Crippen molar-refractivity contribution in [3.63, 3.8) is 0 Å². The third-order valence-electron chi connectivity index (χ3n) is 6.79. The monoisotopic (exact) mass is 392 g/mol. The van der Waals surface area contributed by atoms with Gasteiger partial charge in [0.05, 0.1) is 11.6 Å². The predicted octanol–water partition coefficient (Wildman–Crippen LogP) is 2.50. The minimum atomic E-state index is -1.27. The van der Waals surface area contributed by atoms with Gasteiger partial charge in [-0.1, -0.05) is 12.1 Å². The average molecular weight is 392 g/mol. The van der Waals surface area contributed by atoms with Crippen molar-refractivity contribution >= 4 is 34.6 Å². The van der Waals surface area contributed by atoms with Crippen molar-refractivity contribution in [2.24, 2.45) is 5.41 Å². The number of urea groups is 1. The number of imide groups is 2. The Morgan fingerprint density at radius 2 is 1.76 bits per heavy atom. The van der Waals surface area contributed by atoms with Gasteiger partial charge in [-0.3, -0.25) is 19.4 Å². The number of piperidine rings is 1. The number of carbonyl (C=O) groups excluding carboxylic acids is 3. The maximum atomic E-state index is 13.5. The molecule has 29 heavy (non-hydrogen) atoms. The van der Waals surface area contributed by atoms with E-state index in [2.05, 4.69) is 17.0 Å². The zero-order chi connectivity index (χ0) is 20.5. The minimum absolute atomic E-state index is 0.278. The summed E-state index contributed by atoms with van der Waals surface area (Å²) in [4.78, 5) is 48.6. The first-order valence-corrected chi connectivity index (χ1v) is 10.1. The van der Waals surface area contributed by atoms with Crippen LogP contribution in [0.3, 0.4) is 0 Å². The van der Waals surface area contributed by atoms with Crippen LogP contribution in [-0.2, 0) is 16.0 Å². The number of aryl methyl sites for hydroxylation is 1. The predicted molar refractivity (Wildman–Crippen MR) is 109 cm³/mol. The van der Waals surface area contributed by atoms with Gasteiger partial charge in [0.15, 0.2) is 5.41 Å². The number of amides is 4. The van der Waals surface area contributed by atoms with Crippen LogP contribution >= 0.6 is 0 Å². The highest BCUT2D eigenvalue weighted by Gasteiger charge is 2.63. The molecule has 0 aliphatic carbocycles. The van der Waals surface area contributed by atoms with E-state index in [4.69, 9.17) is 4.98 Å². The first kappa shape index (κ1) is 18.1. The van der Waals surface area contributed by atoms with Gasteiger partial charge in [-0.25, -0.2) is 9.78 Å². The Kier molecular flexibility index (Phi) is 3.75. The van der Waals surface area contributed by atoms with Crippen LogP contribution in [-0.4, -0.2) is 59.3 Å². The van der Waals surface area contributed by atoms with Gasteiger partial charge >= 0.3 is 6.03 Å². The largest absolute Gasteiger partial charge is 0.352 e. The number of benzene rings is 1. The molecule has 4 heterocycles. The Hall–Kier alpha value is -2.96. The highest BCUT2D eigenvalue weighted by Crippen LogP contribution is 2.48. The van der Waals surface area contributed by atoms with E-state index in [-0.39, 0.29) is 12.5 Å². The van der Waals surface area contributed by atoms with Crippen LogP contribution in [0.5, 0.6) is 0 Å². The van der Waals surface area contributed by atoms with Gasteiger partial charge in [-0.15, -0.1) is 0 Å². The van der Waals surface area contributed by atoms with Gasteiger partial charge in [0.25, 0.3) is 0 Å². The molecule has 0 saturated carbocycles. The van der Waals surface area contributed by atoms with Gasteiger partial charge in [0.2, 0.25) is 11.8 Å². The second-order valence-corrected chi connectivity index (χ2v) is 8.53. The number of aromatic nitrogens is 1. The molecule has 7 heteroatoms. The molecule has 0 bridgehead atoms. The summed E-state index contributed by atoms with van der Waals surface area (Å²) in [6, 6.07) is 7.34. The van der Waals surface area contributed by atoms with E-state index >= 15 is 0 Å². The van der Waals surface area contributed by atoms with E-state index in [9.17, 15) is 14.4 Å². The van der Waals surface area contributed by atoms with Crippen LogP contribution in [0.1, 0.15) is 30.4 Å². The number of hydrogen-bond acceptors (Lipinski definition) is 5. The number of rotatable bonds is 0. The Balaban J connectivity index is 1.74. The molecule has 1 unspecified atom stereocenters. The molecule has 2 fully saturated rings. The molecule has 2 aromatic rings. The third-order valence-corrected chi connectivity index (χ3v) is 6.79. The summed E-state index contributed by atoms with van der Waals surface area (Å²) < 4.78 is 0. The molecule has 150 valence electrons. The third kappa shape index (κ3) is 2.30. The smallest absolute Gasteiger partial charge is 0.332 e. The normalized spacial score (nSPS) is 23.6. The number of carbonyl (C=O) groups is 3. The lowest BCUT2D eigenvalue weighted by Crippen LogP contribution is -2.72. The van der Waals surface area contributed by atoms with Crippen LogP contribution in [0.4, 0.5) is 10.6 Å².